The first kappa shape index (κ1) is 20.4. The highest BCUT2D eigenvalue weighted by Crippen LogP contribution is 2.14. The van der Waals surface area contributed by atoms with Crippen LogP contribution in [-0.2, 0) is 21.8 Å². The number of aliphatic carboxylic acids is 1. The maximum atomic E-state index is 12.3. The van der Waals surface area contributed by atoms with E-state index in [0.717, 1.165) is 17.5 Å². The molecule has 0 aromatic heterocycles. The van der Waals surface area contributed by atoms with Gasteiger partial charge in [-0.2, -0.15) is 24.4 Å². The number of amides is 1. The Hall–Kier alpha value is -1.92. The van der Waals surface area contributed by atoms with E-state index in [4.69, 9.17) is 0 Å². The van der Waals surface area contributed by atoms with E-state index in [1.54, 1.807) is 0 Å². The predicted octanol–water partition coefficient (Wildman–Crippen LogP) is 3.42. The Morgan fingerprint density at radius 1 is 1.00 bits per heavy atom. The van der Waals surface area contributed by atoms with Gasteiger partial charge in [0.25, 0.3) is 0 Å². The number of thiol groups is 1. The van der Waals surface area contributed by atoms with E-state index in [2.05, 4.69) is 17.9 Å². The molecule has 2 N–H and O–H groups in total. The summed E-state index contributed by atoms with van der Waals surface area (Å²) in [6, 6.07) is 18.8. The first-order valence-corrected chi connectivity index (χ1v) is 10.1. The molecule has 26 heavy (non-hydrogen) atoms. The Kier molecular flexibility index (Phi) is 8.58. The fraction of sp³-hybridized carbons (Fsp3) is 0.300. The molecule has 0 radical (unpaired) electrons. The molecule has 0 aliphatic heterocycles. The van der Waals surface area contributed by atoms with Crippen molar-refractivity contribution in [2.45, 2.75) is 29.9 Å². The molecule has 2 unspecified atom stereocenters. The van der Waals surface area contributed by atoms with Crippen LogP contribution in [0.1, 0.15) is 17.5 Å². The lowest BCUT2D eigenvalue weighted by Gasteiger charge is -2.17. The van der Waals surface area contributed by atoms with Crippen LogP contribution in [0.4, 0.5) is 0 Å². The van der Waals surface area contributed by atoms with Gasteiger partial charge in [0.15, 0.2) is 0 Å². The Morgan fingerprint density at radius 2 is 1.58 bits per heavy atom. The number of carboxylic acids is 1. The van der Waals surface area contributed by atoms with Crippen molar-refractivity contribution < 1.29 is 14.7 Å². The zero-order chi connectivity index (χ0) is 18.8. The average molecular weight is 390 g/mol. The lowest BCUT2D eigenvalue weighted by Crippen LogP contribution is -2.45. The van der Waals surface area contributed by atoms with Gasteiger partial charge in [-0.3, -0.25) is 4.79 Å². The number of rotatable bonds is 10. The molecule has 0 aliphatic rings. The Balaban J connectivity index is 1.78. The molecule has 0 saturated heterocycles. The lowest BCUT2D eigenvalue weighted by atomic mass is 10.1. The van der Waals surface area contributed by atoms with Crippen LogP contribution in [0.25, 0.3) is 0 Å². The summed E-state index contributed by atoms with van der Waals surface area (Å²) in [5, 5.41) is 11.4. The first-order valence-electron chi connectivity index (χ1n) is 8.43. The zero-order valence-electron chi connectivity index (χ0n) is 14.4. The van der Waals surface area contributed by atoms with E-state index in [0.29, 0.717) is 17.9 Å². The minimum Gasteiger partial charge on any atom is -0.480 e. The van der Waals surface area contributed by atoms with Gasteiger partial charge in [-0.1, -0.05) is 60.7 Å². The normalized spacial score (nSPS) is 13.0. The maximum absolute atomic E-state index is 12.3. The number of benzene rings is 2. The van der Waals surface area contributed by atoms with E-state index < -0.39 is 17.3 Å². The third kappa shape index (κ3) is 7.14. The van der Waals surface area contributed by atoms with Gasteiger partial charge < -0.3 is 10.4 Å². The fourth-order valence-electron chi connectivity index (χ4n) is 2.39. The summed E-state index contributed by atoms with van der Waals surface area (Å²) in [5.41, 5.74) is 2.26. The highest BCUT2D eigenvalue weighted by Gasteiger charge is 2.23. The van der Waals surface area contributed by atoms with Crippen molar-refractivity contribution in [3.63, 3.8) is 0 Å². The quantitative estimate of drug-likeness (QED) is 0.545. The SMILES string of the molecule is O=C(NC(CSCc1ccccc1)C(=O)O)C(S)CCc1ccccc1. The highest BCUT2D eigenvalue weighted by atomic mass is 32.2. The van der Waals surface area contributed by atoms with Gasteiger partial charge in [-0.25, -0.2) is 4.79 Å². The standard InChI is InChI=1S/C20H23NO3S2/c22-19(18(25)12-11-15-7-3-1-4-8-15)21-17(20(23)24)14-26-13-16-9-5-2-6-10-16/h1-10,17-18,25H,11-14H2,(H,21,22)(H,23,24). The molecule has 1 amide bonds. The van der Waals surface area contributed by atoms with Crippen molar-refractivity contribution in [2.75, 3.05) is 5.75 Å². The lowest BCUT2D eigenvalue weighted by molar-refractivity contribution is -0.141. The minimum absolute atomic E-state index is 0.315. The molecular weight excluding hydrogens is 366 g/mol. The number of carbonyl (C=O) groups is 2. The minimum atomic E-state index is -1.03. The molecule has 4 nitrogen and oxygen atoms in total. The molecule has 2 rings (SSSR count). The van der Waals surface area contributed by atoms with E-state index in [-0.39, 0.29) is 5.91 Å². The topological polar surface area (TPSA) is 66.4 Å². The molecule has 2 aromatic rings. The smallest absolute Gasteiger partial charge is 0.327 e. The fourth-order valence-corrected chi connectivity index (χ4v) is 3.60. The highest BCUT2D eigenvalue weighted by molar-refractivity contribution is 7.98. The van der Waals surface area contributed by atoms with Crippen molar-refractivity contribution in [1.29, 1.82) is 0 Å². The van der Waals surface area contributed by atoms with Crippen molar-refractivity contribution in [2.24, 2.45) is 0 Å². The van der Waals surface area contributed by atoms with Crippen LogP contribution in [0, 0.1) is 0 Å². The first-order chi connectivity index (χ1) is 12.6. The molecule has 0 heterocycles. The van der Waals surface area contributed by atoms with Crippen molar-refractivity contribution in [1.82, 2.24) is 5.32 Å². The second kappa shape index (κ2) is 10.9. The van der Waals surface area contributed by atoms with Crippen LogP contribution in [0.2, 0.25) is 0 Å². The van der Waals surface area contributed by atoms with Crippen LogP contribution in [0.5, 0.6) is 0 Å². The number of carbonyl (C=O) groups excluding carboxylic acids is 1. The largest absolute Gasteiger partial charge is 0.480 e. The molecule has 6 heteroatoms. The average Bonchev–Trinajstić information content (AvgIpc) is 2.66. The Morgan fingerprint density at radius 3 is 2.15 bits per heavy atom. The summed E-state index contributed by atoms with van der Waals surface area (Å²) in [6.45, 7) is 0. The van der Waals surface area contributed by atoms with Gasteiger partial charge in [-0.15, -0.1) is 0 Å². The van der Waals surface area contributed by atoms with Crippen molar-refractivity contribution in [3.05, 3.63) is 71.8 Å². The molecule has 0 bridgehead atoms. The van der Waals surface area contributed by atoms with Gasteiger partial charge in [0.1, 0.15) is 6.04 Å². The summed E-state index contributed by atoms with van der Waals surface area (Å²) in [4.78, 5) is 23.7. The van der Waals surface area contributed by atoms with Crippen LogP contribution < -0.4 is 5.32 Å². The van der Waals surface area contributed by atoms with E-state index >= 15 is 0 Å². The number of aryl methyl sites for hydroxylation is 1. The number of nitrogens with one attached hydrogen (secondary N) is 1. The zero-order valence-corrected chi connectivity index (χ0v) is 16.1. The van der Waals surface area contributed by atoms with Gasteiger partial charge in [-0.05, 0) is 24.0 Å². The van der Waals surface area contributed by atoms with Crippen LogP contribution in [0.3, 0.4) is 0 Å². The number of thioether (sulfide) groups is 1. The summed E-state index contributed by atoms with van der Waals surface area (Å²) >= 11 is 5.82. The molecule has 138 valence electrons. The third-order valence-corrected chi connectivity index (χ3v) is 5.46. The van der Waals surface area contributed by atoms with Crippen molar-refractivity contribution >= 4 is 36.3 Å². The van der Waals surface area contributed by atoms with Gasteiger partial charge in [0.05, 0.1) is 5.25 Å². The molecule has 0 fully saturated rings. The molecule has 0 spiro atoms. The van der Waals surface area contributed by atoms with Gasteiger partial charge in [0.2, 0.25) is 5.91 Å². The van der Waals surface area contributed by atoms with Crippen LogP contribution in [0.15, 0.2) is 60.7 Å². The second-order valence-corrected chi connectivity index (χ2v) is 7.59. The van der Waals surface area contributed by atoms with E-state index in [1.165, 1.54) is 11.8 Å². The number of hydrogen-bond acceptors (Lipinski definition) is 4. The molecule has 0 aliphatic carbocycles. The van der Waals surface area contributed by atoms with Gasteiger partial charge in [0, 0.05) is 11.5 Å². The molecule has 2 atom stereocenters. The van der Waals surface area contributed by atoms with E-state index in [1.807, 2.05) is 60.7 Å². The second-order valence-electron chi connectivity index (χ2n) is 5.94. The van der Waals surface area contributed by atoms with Crippen molar-refractivity contribution in [3.8, 4) is 0 Å². The monoisotopic (exact) mass is 389 g/mol. The molecular formula is C20H23NO3S2. The van der Waals surface area contributed by atoms with Gasteiger partial charge >= 0.3 is 5.97 Å². The Bertz CT molecular complexity index is 695. The summed E-state index contributed by atoms with van der Waals surface area (Å²) < 4.78 is 0. The predicted molar refractivity (Wildman–Crippen MR) is 110 cm³/mol. The number of carboxylic acid groups (broad SMARTS) is 1. The number of hydrogen-bond donors (Lipinski definition) is 3. The van der Waals surface area contributed by atoms with E-state index in [9.17, 15) is 14.7 Å². The van der Waals surface area contributed by atoms with Crippen LogP contribution >= 0.6 is 24.4 Å². The molecule has 0 saturated carbocycles. The van der Waals surface area contributed by atoms with Crippen LogP contribution in [-0.4, -0.2) is 34.0 Å². The summed E-state index contributed by atoms with van der Waals surface area (Å²) in [6.07, 6.45) is 1.28. The third-order valence-electron chi connectivity index (χ3n) is 3.86. The summed E-state index contributed by atoms with van der Waals surface area (Å²) in [7, 11) is 0. The molecule has 2 aromatic carbocycles. The summed E-state index contributed by atoms with van der Waals surface area (Å²) in [5.74, 6) is -0.340. The Labute approximate surface area is 163 Å². The maximum Gasteiger partial charge on any atom is 0.327 e.